The van der Waals surface area contributed by atoms with Gasteiger partial charge in [-0.1, -0.05) is 55.4 Å². The van der Waals surface area contributed by atoms with Gasteiger partial charge in [-0.2, -0.15) is 0 Å². The molecule has 0 radical (unpaired) electrons. The van der Waals surface area contributed by atoms with Crippen molar-refractivity contribution < 1.29 is 58.2 Å². The lowest BCUT2D eigenvalue weighted by Crippen LogP contribution is -2.67. The Labute approximate surface area is 198 Å². The summed E-state index contributed by atoms with van der Waals surface area (Å²) in [6, 6.07) is 0. The van der Waals surface area contributed by atoms with Crippen molar-refractivity contribution in [2.24, 2.45) is 23.7 Å². The third kappa shape index (κ3) is 3.22. The SMILES string of the molecule is CC(C)C1(C(=O)O)OB(B2OC(C(=O)O)(C(C)C)C(C(=O)O)(C(C)C)O2)OC1(C(=O)O)C(C)C. The van der Waals surface area contributed by atoms with Crippen LogP contribution in [-0.4, -0.2) is 80.7 Å². The first-order valence-corrected chi connectivity index (χ1v) is 11.1. The third-order valence-corrected chi connectivity index (χ3v) is 7.06. The van der Waals surface area contributed by atoms with Crippen LogP contribution in [-0.2, 0) is 37.8 Å². The van der Waals surface area contributed by atoms with Crippen molar-refractivity contribution in [2.75, 3.05) is 0 Å². The second-order valence-electron chi connectivity index (χ2n) is 9.99. The van der Waals surface area contributed by atoms with Crippen molar-refractivity contribution in [2.45, 2.75) is 77.8 Å². The molecule has 0 aromatic rings. The second kappa shape index (κ2) is 8.81. The highest BCUT2D eigenvalue weighted by Crippen LogP contribution is 2.53. The first kappa shape index (κ1) is 28.1. The van der Waals surface area contributed by atoms with Gasteiger partial charge < -0.3 is 39.0 Å². The van der Waals surface area contributed by atoms with Crippen LogP contribution in [0.4, 0.5) is 0 Å². The zero-order chi connectivity index (χ0) is 26.6. The number of hydrogen-bond acceptors (Lipinski definition) is 8. The molecule has 0 aromatic heterocycles. The summed E-state index contributed by atoms with van der Waals surface area (Å²) in [5.74, 6) is -10.2. The minimum absolute atomic E-state index is 0.932. The molecule has 0 aliphatic carbocycles. The quantitative estimate of drug-likeness (QED) is 0.340. The summed E-state index contributed by atoms with van der Waals surface area (Å²) >= 11 is 0. The highest BCUT2D eigenvalue weighted by molar-refractivity contribution is 7.11. The summed E-state index contributed by atoms with van der Waals surface area (Å²) < 4.78 is 23.0. The van der Waals surface area contributed by atoms with E-state index >= 15 is 0 Å². The molecule has 4 N–H and O–H groups in total. The molecule has 4 unspecified atom stereocenters. The number of carboxylic acids is 4. The second-order valence-corrected chi connectivity index (χ2v) is 9.99. The molecule has 190 valence electrons. The molecule has 2 aliphatic heterocycles. The third-order valence-electron chi connectivity index (χ3n) is 7.06. The van der Waals surface area contributed by atoms with E-state index in [2.05, 4.69) is 0 Å². The van der Waals surface area contributed by atoms with E-state index in [1.807, 2.05) is 0 Å². The molecule has 14 heteroatoms. The van der Waals surface area contributed by atoms with E-state index < -0.39 is 84.0 Å². The van der Waals surface area contributed by atoms with E-state index in [-0.39, 0.29) is 0 Å². The van der Waals surface area contributed by atoms with Gasteiger partial charge in [0.15, 0.2) is 22.4 Å². The number of carbonyl (C=O) groups is 4. The standard InChI is InChI=1S/C20H32B2O12/c1-9(2)17(13(23)24)18(10(3)4,14(25)26)32-21(31-17)22-33-19(11(5)6,15(27)28)20(34-22,12(7)8)16(29)30/h9-12H,1-8H3,(H,23,24)(H,25,26)(H,27,28)(H,29,30). The monoisotopic (exact) mass is 486 g/mol. The van der Waals surface area contributed by atoms with Crippen molar-refractivity contribution in [1.82, 2.24) is 0 Å². The average molecular weight is 486 g/mol. The van der Waals surface area contributed by atoms with Crippen LogP contribution in [0.2, 0.25) is 0 Å². The molecular weight excluding hydrogens is 454 g/mol. The fourth-order valence-corrected chi connectivity index (χ4v) is 5.44. The number of aliphatic carboxylic acids is 4. The molecule has 2 heterocycles. The molecule has 2 rings (SSSR count). The van der Waals surface area contributed by atoms with Gasteiger partial charge in [0.05, 0.1) is 0 Å². The van der Waals surface area contributed by atoms with Crippen LogP contribution in [0.5, 0.6) is 0 Å². The van der Waals surface area contributed by atoms with Crippen LogP contribution < -0.4 is 0 Å². The largest absolute Gasteiger partial charge is 0.489 e. The van der Waals surface area contributed by atoms with Crippen molar-refractivity contribution in [1.29, 1.82) is 0 Å². The Morgan fingerprint density at radius 2 is 0.618 bits per heavy atom. The Hall–Kier alpha value is -2.15. The lowest BCUT2D eigenvalue weighted by atomic mass is 9.49. The van der Waals surface area contributed by atoms with Gasteiger partial charge >= 0.3 is 37.9 Å². The van der Waals surface area contributed by atoms with Crippen LogP contribution >= 0.6 is 0 Å². The Morgan fingerprint density at radius 1 is 0.471 bits per heavy atom. The number of carboxylic acid groups (broad SMARTS) is 4. The van der Waals surface area contributed by atoms with Gasteiger partial charge in [0.2, 0.25) is 0 Å². The maximum Gasteiger partial charge on any atom is 0.489 e. The Kier molecular flexibility index (Phi) is 7.28. The lowest BCUT2D eigenvalue weighted by Gasteiger charge is -2.43. The molecule has 2 saturated heterocycles. The molecule has 0 amide bonds. The highest BCUT2D eigenvalue weighted by Gasteiger charge is 2.81. The molecule has 34 heavy (non-hydrogen) atoms. The lowest BCUT2D eigenvalue weighted by molar-refractivity contribution is -0.193. The van der Waals surface area contributed by atoms with E-state index in [4.69, 9.17) is 18.6 Å². The van der Waals surface area contributed by atoms with Crippen LogP contribution in [0.3, 0.4) is 0 Å². The molecule has 2 fully saturated rings. The predicted molar refractivity (Wildman–Crippen MR) is 117 cm³/mol. The summed E-state index contributed by atoms with van der Waals surface area (Å²) in [6.45, 7) is 11.6. The van der Waals surface area contributed by atoms with E-state index in [1.165, 1.54) is 55.4 Å². The smallest absolute Gasteiger partial charge is 0.479 e. The van der Waals surface area contributed by atoms with Crippen molar-refractivity contribution >= 4 is 37.9 Å². The van der Waals surface area contributed by atoms with E-state index in [9.17, 15) is 39.6 Å². The minimum Gasteiger partial charge on any atom is -0.479 e. The summed E-state index contributed by atoms with van der Waals surface area (Å²) in [4.78, 5) is 50.0. The molecule has 0 spiro atoms. The normalized spacial score (nSPS) is 34.0. The molecular formula is C20H32B2O12. The zero-order valence-corrected chi connectivity index (χ0v) is 20.5. The Morgan fingerprint density at radius 3 is 0.706 bits per heavy atom. The topological polar surface area (TPSA) is 186 Å². The van der Waals surface area contributed by atoms with Gasteiger partial charge in [-0.05, 0) is 23.7 Å². The summed E-state index contributed by atoms with van der Waals surface area (Å²) in [6.07, 6.45) is 0. The summed E-state index contributed by atoms with van der Waals surface area (Å²) in [5.41, 5.74) is -9.67. The fraction of sp³-hybridized carbons (Fsp3) is 0.800. The molecule has 0 saturated carbocycles. The van der Waals surface area contributed by atoms with Gasteiger partial charge in [0, 0.05) is 0 Å². The molecule has 0 bridgehead atoms. The minimum atomic E-state index is -2.42. The van der Waals surface area contributed by atoms with Crippen LogP contribution in [0.15, 0.2) is 0 Å². The molecule has 0 aromatic carbocycles. The van der Waals surface area contributed by atoms with Crippen molar-refractivity contribution in [3.63, 3.8) is 0 Å². The number of rotatable bonds is 9. The van der Waals surface area contributed by atoms with E-state index in [0.717, 1.165) is 0 Å². The maximum absolute atomic E-state index is 12.5. The Bertz CT molecular complexity index is 738. The van der Waals surface area contributed by atoms with Gasteiger partial charge in [-0.25, -0.2) is 19.2 Å². The first-order chi connectivity index (χ1) is 15.4. The van der Waals surface area contributed by atoms with Gasteiger partial charge in [-0.3, -0.25) is 0 Å². The maximum atomic E-state index is 12.5. The predicted octanol–water partition coefficient (Wildman–Crippen LogP) is 1.05. The average Bonchev–Trinajstić information content (AvgIpc) is 3.25. The number of hydrogen-bond donors (Lipinski definition) is 4. The van der Waals surface area contributed by atoms with E-state index in [0.29, 0.717) is 0 Å². The fourth-order valence-electron chi connectivity index (χ4n) is 5.44. The molecule has 12 nitrogen and oxygen atoms in total. The highest BCUT2D eigenvalue weighted by atomic mass is 16.7. The van der Waals surface area contributed by atoms with Gasteiger partial charge in [-0.15, -0.1) is 0 Å². The van der Waals surface area contributed by atoms with Gasteiger partial charge in [0.1, 0.15) is 0 Å². The van der Waals surface area contributed by atoms with Gasteiger partial charge in [0.25, 0.3) is 0 Å². The summed E-state index contributed by atoms with van der Waals surface area (Å²) in [7, 11) is -3.70. The van der Waals surface area contributed by atoms with Crippen LogP contribution in [0.1, 0.15) is 55.4 Å². The van der Waals surface area contributed by atoms with Crippen molar-refractivity contribution in [3.05, 3.63) is 0 Å². The zero-order valence-electron chi connectivity index (χ0n) is 20.5. The van der Waals surface area contributed by atoms with Crippen LogP contribution in [0, 0.1) is 23.7 Å². The summed E-state index contributed by atoms with van der Waals surface area (Å²) in [5, 5.41) is 40.6. The van der Waals surface area contributed by atoms with Crippen molar-refractivity contribution in [3.8, 4) is 0 Å². The Balaban J connectivity index is 2.76. The van der Waals surface area contributed by atoms with Crippen LogP contribution in [0.25, 0.3) is 0 Å². The molecule has 2 aliphatic rings. The first-order valence-electron chi connectivity index (χ1n) is 11.1. The van der Waals surface area contributed by atoms with E-state index in [1.54, 1.807) is 0 Å². The molecule has 4 atom stereocenters.